The van der Waals surface area contributed by atoms with Gasteiger partial charge in [0.25, 0.3) is 0 Å². The fourth-order valence-electron chi connectivity index (χ4n) is 0.841. The quantitative estimate of drug-likeness (QED) is 0.688. The highest BCUT2D eigenvalue weighted by Gasteiger charge is 2.05. The van der Waals surface area contributed by atoms with Gasteiger partial charge in [-0.15, -0.1) is 0 Å². The van der Waals surface area contributed by atoms with Gasteiger partial charge in [0.15, 0.2) is 0 Å². The second-order valence-corrected chi connectivity index (χ2v) is 2.83. The Hall–Kier alpha value is -1.42. The van der Waals surface area contributed by atoms with E-state index in [2.05, 4.69) is 10.3 Å². The molecule has 0 aromatic carbocycles. The molecule has 1 rings (SSSR count). The maximum atomic E-state index is 11.1. The summed E-state index contributed by atoms with van der Waals surface area (Å²) in [5, 5.41) is 2.67. The molecule has 1 atom stereocenters. The van der Waals surface area contributed by atoms with E-state index < -0.39 is 6.04 Å². The number of amides is 1. The lowest BCUT2D eigenvalue weighted by Crippen LogP contribution is -2.37. The minimum Gasteiger partial charge on any atom is -0.349 e. The lowest BCUT2D eigenvalue weighted by molar-refractivity contribution is -0.122. The third-order valence-corrected chi connectivity index (χ3v) is 1.58. The van der Waals surface area contributed by atoms with Gasteiger partial charge in [-0.1, -0.05) is 6.07 Å². The number of aromatic nitrogens is 1. The lowest BCUT2D eigenvalue weighted by Gasteiger charge is -2.06. The Kier molecular flexibility index (Phi) is 3.40. The Labute approximate surface area is 77.2 Å². The molecule has 0 saturated carbocycles. The van der Waals surface area contributed by atoms with E-state index in [1.807, 2.05) is 18.2 Å². The summed E-state index contributed by atoms with van der Waals surface area (Å²) in [5.74, 6) is -0.161. The van der Waals surface area contributed by atoms with Gasteiger partial charge in [-0.05, 0) is 19.1 Å². The van der Waals surface area contributed by atoms with Gasteiger partial charge in [-0.2, -0.15) is 0 Å². The molecule has 0 aliphatic rings. The van der Waals surface area contributed by atoms with Crippen molar-refractivity contribution in [3.8, 4) is 0 Å². The lowest BCUT2D eigenvalue weighted by atomic mass is 10.3. The van der Waals surface area contributed by atoms with Crippen molar-refractivity contribution in [3.63, 3.8) is 0 Å². The van der Waals surface area contributed by atoms with Crippen molar-refractivity contribution in [2.24, 2.45) is 5.73 Å². The van der Waals surface area contributed by atoms with E-state index in [0.29, 0.717) is 6.54 Å². The van der Waals surface area contributed by atoms with Crippen LogP contribution in [0.15, 0.2) is 24.4 Å². The Morgan fingerprint density at radius 3 is 3.00 bits per heavy atom. The molecule has 0 aliphatic carbocycles. The minimum atomic E-state index is -0.469. The first kappa shape index (κ1) is 9.67. The highest BCUT2D eigenvalue weighted by molar-refractivity contribution is 5.80. The molecule has 0 radical (unpaired) electrons. The van der Waals surface area contributed by atoms with Crippen LogP contribution in [-0.4, -0.2) is 16.9 Å². The largest absolute Gasteiger partial charge is 0.349 e. The highest BCUT2D eigenvalue weighted by atomic mass is 16.2. The van der Waals surface area contributed by atoms with Crippen molar-refractivity contribution in [3.05, 3.63) is 30.1 Å². The molecule has 0 aliphatic heterocycles. The minimum absolute atomic E-state index is 0.161. The monoisotopic (exact) mass is 179 g/mol. The molecule has 0 spiro atoms. The Bertz CT molecular complexity index is 271. The van der Waals surface area contributed by atoms with Gasteiger partial charge in [0.2, 0.25) is 5.91 Å². The smallest absolute Gasteiger partial charge is 0.236 e. The Morgan fingerprint density at radius 1 is 1.69 bits per heavy atom. The van der Waals surface area contributed by atoms with Crippen molar-refractivity contribution in [1.82, 2.24) is 10.3 Å². The molecular weight excluding hydrogens is 166 g/mol. The average Bonchev–Trinajstić information content (AvgIpc) is 2.15. The molecule has 1 aromatic heterocycles. The zero-order chi connectivity index (χ0) is 9.68. The molecule has 1 heterocycles. The number of nitrogens with two attached hydrogens (primary N) is 1. The van der Waals surface area contributed by atoms with Crippen LogP contribution in [0.3, 0.4) is 0 Å². The molecule has 3 N–H and O–H groups in total. The SMILES string of the molecule is C[C@H](N)C(=O)NCc1ccccn1. The average molecular weight is 179 g/mol. The summed E-state index contributed by atoms with van der Waals surface area (Å²) in [6.07, 6.45) is 1.69. The topological polar surface area (TPSA) is 68.0 Å². The third-order valence-electron chi connectivity index (χ3n) is 1.58. The van der Waals surface area contributed by atoms with Crippen molar-refractivity contribution < 1.29 is 4.79 Å². The summed E-state index contributed by atoms with van der Waals surface area (Å²) in [6.45, 7) is 2.08. The predicted molar refractivity (Wildman–Crippen MR) is 49.7 cm³/mol. The molecule has 13 heavy (non-hydrogen) atoms. The summed E-state index contributed by atoms with van der Waals surface area (Å²) < 4.78 is 0. The fraction of sp³-hybridized carbons (Fsp3) is 0.333. The zero-order valence-electron chi connectivity index (χ0n) is 7.53. The molecule has 70 valence electrons. The Morgan fingerprint density at radius 2 is 2.46 bits per heavy atom. The Balaban J connectivity index is 2.40. The van der Waals surface area contributed by atoms with Crippen LogP contribution in [0.1, 0.15) is 12.6 Å². The van der Waals surface area contributed by atoms with Gasteiger partial charge in [-0.25, -0.2) is 0 Å². The predicted octanol–water partition coefficient (Wildman–Crippen LogP) is 0.0450. The van der Waals surface area contributed by atoms with Crippen LogP contribution in [0.25, 0.3) is 0 Å². The van der Waals surface area contributed by atoms with E-state index >= 15 is 0 Å². The standard InChI is InChI=1S/C9H13N3O/c1-7(10)9(13)12-6-8-4-2-3-5-11-8/h2-5,7H,6,10H2,1H3,(H,12,13)/t7-/m0/s1. The van der Waals surface area contributed by atoms with Gasteiger partial charge in [0, 0.05) is 6.20 Å². The molecule has 4 heteroatoms. The van der Waals surface area contributed by atoms with Crippen LogP contribution in [0, 0.1) is 0 Å². The van der Waals surface area contributed by atoms with E-state index in [-0.39, 0.29) is 5.91 Å². The normalized spacial score (nSPS) is 12.2. The van der Waals surface area contributed by atoms with E-state index in [4.69, 9.17) is 5.73 Å². The van der Waals surface area contributed by atoms with E-state index in [1.54, 1.807) is 13.1 Å². The van der Waals surface area contributed by atoms with Crippen molar-refractivity contribution in [2.45, 2.75) is 19.5 Å². The van der Waals surface area contributed by atoms with E-state index in [0.717, 1.165) is 5.69 Å². The summed E-state index contributed by atoms with van der Waals surface area (Å²) in [5.41, 5.74) is 6.20. The first-order valence-electron chi connectivity index (χ1n) is 4.13. The van der Waals surface area contributed by atoms with Crippen LogP contribution < -0.4 is 11.1 Å². The van der Waals surface area contributed by atoms with Crippen LogP contribution in [0.2, 0.25) is 0 Å². The first-order chi connectivity index (χ1) is 6.20. The molecule has 0 saturated heterocycles. The fourth-order valence-corrected chi connectivity index (χ4v) is 0.841. The van der Waals surface area contributed by atoms with Gasteiger partial charge in [0.1, 0.15) is 0 Å². The number of rotatable bonds is 3. The molecular formula is C9H13N3O. The summed E-state index contributed by atoms with van der Waals surface area (Å²) in [6, 6.07) is 5.09. The molecule has 1 amide bonds. The van der Waals surface area contributed by atoms with Crippen LogP contribution in [-0.2, 0) is 11.3 Å². The highest BCUT2D eigenvalue weighted by Crippen LogP contribution is 1.91. The van der Waals surface area contributed by atoms with Crippen LogP contribution in [0.4, 0.5) is 0 Å². The number of nitrogens with one attached hydrogen (secondary N) is 1. The van der Waals surface area contributed by atoms with Gasteiger partial charge in [-0.3, -0.25) is 9.78 Å². The van der Waals surface area contributed by atoms with E-state index in [1.165, 1.54) is 0 Å². The first-order valence-corrected chi connectivity index (χ1v) is 4.13. The molecule has 1 aromatic rings. The van der Waals surface area contributed by atoms with Gasteiger partial charge < -0.3 is 11.1 Å². The van der Waals surface area contributed by atoms with Gasteiger partial charge >= 0.3 is 0 Å². The van der Waals surface area contributed by atoms with Crippen LogP contribution >= 0.6 is 0 Å². The summed E-state index contributed by atoms with van der Waals surface area (Å²) in [7, 11) is 0. The van der Waals surface area contributed by atoms with Crippen molar-refractivity contribution in [2.75, 3.05) is 0 Å². The maximum absolute atomic E-state index is 11.1. The summed E-state index contributed by atoms with van der Waals surface area (Å²) >= 11 is 0. The maximum Gasteiger partial charge on any atom is 0.236 e. The number of hydrogen-bond donors (Lipinski definition) is 2. The van der Waals surface area contributed by atoms with Crippen LogP contribution in [0.5, 0.6) is 0 Å². The number of hydrogen-bond acceptors (Lipinski definition) is 3. The molecule has 4 nitrogen and oxygen atoms in total. The zero-order valence-corrected chi connectivity index (χ0v) is 7.53. The molecule has 0 bridgehead atoms. The second-order valence-electron chi connectivity index (χ2n) is 2.83. The van der Waals surface area contributed by atoms with E-state index in [9.17, 15) is 4.79 Å². The molecule has 0 fully saturated rings. The second kappa shape index (κ2) is 4.57. The van der Waals surface area contributed by atoms with Gasteiger partial charge in [0.05, 0.1) is 18.3 Å². The number of carbonyl (C=O) groups is 1. The summed E-state index contributed by atoms with van der Waals surface area (Å²) in [4.78, 5) is 15.1. The molecule has 0 unspecified atom stereocenters. The number of nitrogens with zero attached hydrogens (tertiary/aromatic N) is 1. The number of pyridine rings is 1. The van der Waals surface area contributed by atoms with Crippen molar-refractivity contribution >= 4 is 5.91 Å². The number of carbonyl (C=O) groups excluding carboxylic acids is 1. The van der Waals surface area contributed by atoms with Crippen molar-refractivity contribution in [1.29, 1.82) is 0 Å². The third kappa shape index (κ3) is 3.21.